The molecule has 4 atom stereocenters. The van der Waals surface area contributed by atoms with Gasteiger partial charge in [-0.1, -0.05) is 51.1 Å². The molecule has 0 radical (unpaired) electrons. The van der Waals surface area contributed by atoms with Gasteiger partial charge in [0.2, 0.25) is 0 Å². The molecule has 1 N–H and O–H groups in total. The van der Waals surface area contributed by atoms with Crippen LogP contribution in [0.15, 0.2) is 48.3 Å². The summed E-state index contributed by atoms with van der Waals surface area (Å²) in [6, 6.07) is 0.347. The zero-order valence-electron chi connectivity index (χ0n) is 13.3. The Bertz CT molecular complexity index is 425. The number of halogens is 2. The van der Waals surface area contributed by atoms with E-state index in [1.54, 1.807) is 12.2 Å². The number of nitrogens with one attached hydrogen (secondary N) is 1. The first-order chi connectivity index (χ1) is 9.85. The lowest BCUT2D eigenvalue weighted by molar-refractivity contribution is 0.343. The highest BCUT2D eigenvalue weighted by atomic mass is 35.5. The van der Waals surface area contributed by atoms with Gasteiger partial charge in [0.25, 0.3) is 0 Å². The van der Waals surface area contributed by atoms with Gasteiger partial charge in [0.05, 0.1) is 0 Å². The maximum absolute atomic E-state index is 14.3. The first-order valence-electron chi connectivity index (χ1n) is 7.61. The first-order valence-corrected chi connectivity index (χ1v) is 7.99. The van der Waals surface area contributed by atoms with Gasteiger partial charge >= 0.3 is 0 Å². The van der Waals surface area contributed by atoms with Crippen LogP contribution in [0.2, 0.25) is 0 Å². The summed E-state index contributed by atoms with van der Waals surface area (Å²) in [6.45, 7) is 14.1. The fraction of sp³-hybridized carbons (Fsp3) is 0.556. The van der Waals surface area contributed by atoms with Gasteiger partial charge in [-0.05, 0) is 36.8 Å². The van der Waals surface area contributed by atoms with Crippen molar-refractivity contribution in [3.63, 3.8) is 0 Å². The molecule has 3 unspecified atom stereocenters. The van der Waals surface area contributed by atoms with Crippen molar-refractivity contribution in [2.45, 2.75) is 45.7 Å². The summed E-state index contributed by atoms with van der Waals surface area (Å²) in [5, 5.41) is 3.89. The summed E-state index contributed by atoms with van der Waals surface area (Å²) in [4.78, 5) is 0. The second-order valence-electron chi connectivity index (χ2n) is 6.28. The zero-order chi connectivity index (χ0) is 16.0. The van der Waals surface area contributed by atoms with Gasteiger partial charge in [0.1, 0.15) is 5.83 Å². The van der Waals surface area contributed by atoms with E-state index in [9.17, 15) is 4.39 Å². The highest BCUT2D eigenvalue weighted by molar-refractivity contribution is 6.30. The van der Waals surface area contributed by atoms with Crippen LogP contribution in [0.5, 0.6) is 0 Å². The Labute approximate surface area is 133 Å². The van der Waals surface area contributed by atoms with Crippen LogP contribution in [0, 0.1) is 17.8 Å². The van der Waals surface area contributed by atoms with E-state index in [2.05, 4.69) is 39.2 Å². The van der Waals surface area contributed by atoms with Crippen molar-refractivity contribution in [1.29, 1.82) is 0 Å². The van der Waals surface area contributed by atoms with Gasteiger partial charge in [-0.15, -0.1) is 6.58 Å². The Hall–Kier alpha value is -0.860. The second kappa shape index (κ2) is 8.55. The molecule has 0 aliphatic carbocycles. The van der Waals surface area contributed by atoms with E-state index >= 15 is 0 Å². The van der Waals surface area contributed by atoms with Crippen LogP contribution in [-0.2, 0) is 0 Å². The maximum Gasteiger partial charge on any atom is 0.105 e. The van der Waals surface area contributed by atoms with Crippen LogP contribution in [0.1, 0.15) is 33.6 Å². The van der Waals surface area contributed by atoms with Crippen molar-refractivity contribution in [1.82, 2.24) is 5.32 Å². The highest BCUT2D eigenvalue weighted by Gasteiger charge is 2.35. The predicted molar refractivity (Wildman–Crippen MR) is 91.0 cm³/mol. The van der Waals surface area contributed by atoms with E-state index in [1.807, 2.05) is 6.08 Å². The Kier molecular flexibility index (Phi) is 7.41. The summed E-state index contributed by atoms with van der Waals surface area (Å²) < 4.78 is 14.3. The van der Waals surface area contributed by atoms with E-state index in [-0.39, 0.29) is 17.8 Å². The molecule has 118 valence electrons. The third-order valence-corrected chi connectivity index (χ3v) is 4.46. The average Bonchev–Trinajstić information content (AvgIpc) is 2.81. The molecule has 21 heavy (non-hydrogen) atoms. The molecule has 1 aliphatic heterocycles. The quantitative estimate of drug-likeness (QED) is 0.493. The summed E-state index contributed by atoms with van der Waals surface area (Å²) in [7, 11) is 0. The maximum atomic E-state index is 14.3. The van der Waals surface area contributed by atoms with E-state index in [0.29, 0.717) is 22.9 Å². The van der Waals surface area contributed by atoms with Crippen LogP contribution in [0.3, 0.4) is 0 Å². The molecular weight excluding hydrogens is 285 g/mol. The van der Waals surface area contributed by atoms with E-state index in [1.165, 1.54) is 6.08 Å². The van der Waals surface area contributed by atoms with E-state index in [4.69, 9.17) is 11.6 Å². The molecule has 0 aromatic heterocycles. The largest absolute Gasteiger partial charge is 0.307 e. The van der Waals surface area contributed by atoms with Crippen LogP contribution in [0.4, 0.5) is 4.39 Å². The number of hydrogen-bond acceptors (Lipinski definition) is 1. The summed E-state index contributed by atoms with van der Waals surface area (Å²) in [6.07, 6.45) is 8.36. The minimum absolute atomic E-state index is 0.00165. The van der Waals surface area contributed by atoms with Crippen LogP contribution in [0.25, 0.3) is 0 Å². The molecule has 1 rings (SSSR count). The SMILES string of the molecule is C=CC1N[C@@H](CC(C)C(C)C)CC1/C(F)=C/C=C\C(=C)Cl. The van der Waals surface area contributed by atoms with Gasteiger partial charge < -0.3 is 5.32 Å². The number of allylic oxidation sites excluding steroid dienone is 4. The van der Waals surface area contributed by atoms with Crippen LogP contribution >= 0.6 is 11.6 Å². The Morgan fingerprint density at radius 3 is 2.62 bits per heavy atom. The molecule has 0 aromatic carbocycles. The number of rotatable bonds is 7. The predicted octanol–water partition coefficient (Wildman–Crippen LogP) is 5.36. The molecule has 0 bridgehead atoms. The second-order valence-corrected chi connectivity index (χ2v) is 6.77. The Morgan fingerprint density at radius 1 is 1.43 bits per heavy atom. The van der Waals surface area contributed by atoms with Crippen LogP contribution in [-0.4, -0.2) is 12.1 Å². The molecule has 1 aliphatic rings. The minimum Gasteiger partial charge on any atom is -0.307 e. The smallest absolute Gasteiger partial charge is 0.105 e. The van der Waals surface area contributed by atoms with E-state index < -0.39 is 0 Å². The summed E-state index contributed by atoms with van der Waals surface area (Å²) >= 11 is 5.63. The molecule has 1 saturated heterocycles. The fourth-order valence-electron chi connectivity index (χ4n) is 2.68. The third-order valence-electron chi connectivity index (χ3n) is 4.34. The molecule has 0 aromatic rings. The minimum atomic E-state index is -0.139. The molecule has 0 saturated carbocycles. The monoisotopic (exact) mass is 311 g/mol. The topological polar surface area (TPSA) is 12.0 Å². The Balaban J connectivity index is 2.69. The van der Waals surface area contributed by atoms with Gasteiger partial charge in [0.15, 0.2) is 0 Å². The summed E-state index contributed by atoms with van der Waals surface area (Å²) in [5.74, 6) is 1.01. The van der Waals surface area contributed by atoms with Crippen molar-refractivity contribution in [2.75, 3.05) is 0 Å². The normalized spacial score (nSPS) is 28.3. The Morgan fingerprint density at radius 2 is 2.10 bits per heavy atom. The third kappa shape index (κ3) is 5.80. The van der Waals surface area contributed by atoms with Crippen molar-refractivity contribution < 1.29 is 4.39 Å². The molecule has 3 heteroatoms. The fourth-order valence-corrected chi connectivity index (χ4v) is 2.75. The summed E-state index contributed by atoms with van der Waals surface area (Å²) in [5.41, 5.74) is 0. The zero-order valence-corrected chi connectivity index (χ0v) is 14.0. The highest BCUT2D eigenvalue weighted by Crippen LogP contribution is 2.32. The standard InChI is InChI=1S/C18H27ClFN/c1-6-18-16(17(20)9-7-8-14(5)19)11-15(21-18)10-13(4)12(2)3/h6-9,12-13,15-16,18,21H,1,5,10-11H2,2-4H3/b8-7-,17-9-/t13?,15-,16?,18?/m0/s1. The van der Waals surface area contributed by atoms with Gasteiger partial charge in [-0.3, -0.25) is 0 Å². The van der Waals surface area contributed by atoms with Crippen molar-refractivity contribution in [3.8, 4) is 0 Å². The van der Waals surface area contributed by atoms with Crippen molar-refractivity contribution >= 4 is 11.6 Å². The average molecular weight is 312 g/mol. The lowest BCUT2D eigenvalue weighted by atomic mass is 9.89. The van der Waals surface area contributed by atoms with Gasteiger partial charge in [-0.25, -0.2) is 4.39 Å². The lowest BCUT2D eigenvalue weighted by Crippen LogP contribution is -2.31. The number of hydrogen-bond donors (Lipinski definition) is 1. The van der Waals surface area contributed by atoms with Crippen LogP contribution < -0.4 is 5.32 Å². The lowest BCUT2D eigenvalue weighted by Gasteiger charge is -2.20. The molecular formula is C18H27ClFN. The first kappa shape index (κ1) is 18.2. The van der Waals surface area contributed by atoms with Crippen molar-refractivity contribution in [3.05, 3.63) is 48.3 Å². The molecule has 0 spiro atoms. The van der Waals surface area contributed by atoms with Gasteiger partial charge in [0, 0.05) is 23.0 Å². The molecule has 1 fully saturated rings. The van der Waals surface area contributed by atoms with E-state index in [0.717, 1.165) is 12.8 Å². The molecule has 0 amide bonds. The van der Waals surface area contributed by atoms with Gasteiger partial charge in [-0.2, -0.15) is 0 Å². The molecule has 1 nitrogen and oxygen atoms in total. The molecule has 1 heterocycles. The van der Waals surface area contributed by atoms with Crippen molar-refractivity contribution in [2.24, 2.45) is 17.8 Å².